The number of methoxy groups -OCH3 is 1. The second kappa shape index (κ2) is 12.1. The number of nitrogens with one attached hydrogen (secondary N) is 1. The molecule has 0 unspecified atom stereocenters. The van der Waals surface area contributed by atoms with Gasteiger partial charge < -0.3 is 15.0 Å². The number of amides is 2. The van der Waals surface area contributed by atoms with Gasteiger partial charge in [0.05, 0.1) is 19.1 Å². The molecular formula is C26H37N3O5S. The fourth-order valence-corrected chi connectivity index (χ4v) is 4.56. The lowest BCUT2D eigenvalue weighted by Crippen LogP contribution is -2.56. The van der Waals surface area contributed by atoms with Crippen molar-refractivity contribution >= 4 is 27.5 Å². The maximum absolute atomic E-state index is 13.6. The van der Waals surface area contributed by atoms with Gasteiger partial charge in [0.1, 0.15) is 18.3 Å². The first-order valence-corrected chi connectivity index (χ1v) is 13.5. The molecule has 2 aromatic carbocycles. The van der Waals surface area contributed by atoms with Crippen LogP contribution in [0, 0.1) is 0 Å². The Bertz CT molecular complexity index is 1080. The minimum Gasteiger partial charge on any atom is -0.497 e. The predicted molar refractivity (Wildman–Crippen MR) is 139 cm³/mol. The highest BCUT2D eigenvalue weighted by atomic mass is 32.2. The maximum Gasteiger partial charge on any atom is 0.244 e. The van der Waals surface area contributed by atoms with Gasteiger partial charge in [-0.15, -0.1) is 0 Å². The molecule has 0 heterocycles. The first-order chi connectivity index (χ1) is 16.4. The third-order valence-electron chi connectivity index (χ3n) is 5.41. The van der Waals surface area contributed by atoms with Crippen molar-refractivity contribution in [3.05, 3.63) is 60.2 Å². The van der Waals surface area contributed by atoms with Crippen molar-refractivity contribution in [2.75, 3.05) is 30.8 Å². The van der Waals surface area contributed by atoms with Gasteiger partial charge in [0.15, 0.2) is 0 Å². The molecule has 35 heavy (non-hydrogen) atoms. The average Bonchev–Trinajstić information content (AvgIpc) is 2.78. The predicted octanol–water partition coefficient (Wildman–Crippen LogP) is 3.23. The molecule has 2 aromatic rings. The smallest absolute Gasteiger partial charge is 0.244 e. The van der Waals surface area contributed by atoms with Crippen molar-refractivity contribution in [2.24, 2.45) is 0 Å². The second-order valence-corrected chi connectivity index (χ2v) is 11.4. The molecule has 1 N–H and O–H groups in total. The van der Waals surface area contributed by atoms with Gasteiger partial charge in [-0.2, -0.15) is 0 Å². The number of rotatable bonds is 11. The van der Waals surface area contributed by atoms with Crippen LogP contribution in [-0.4, -0.2) is 63.2 Å². The SMILES string of the molecule is CC[C@@H](C(=O)NC(C)(C)C)N(CCc1ccccc1)C(=O)CN(c1ccc(OC)cc1)S(C)(=O)=O. The minimum atomic E-state index is -3.77. The highest BCUT2D eigenvalue weighted by Crippen LogP contribution is 2.22. The maximum atomic E-state index is 13.6. The van der Waals surface area contributed by atoms with Crippen molar-refractivity contribution < 1.29 is 22.7 Å². The second-order valence-electron chi connectivity index (χ2n) is 9.45. The van der Waals surface area contributed by atoms with E-state index in [2.05, 4.69) is 5.32 Å². The van der Waals surface area contributed by atoms with E-state index in [4.69, 9.17) is 4.74 Å². The Kier molecular flexibility index (Phi) is 9.71. The Morgan fingerprint density at radius 1 is 1.03 bits per heavy atom. The molecule has 8 nitrogen and oxygen atoms in total. The van der Waals surface area contributed by atoms with Gasteiger partial charge in [-0.05, 0) is 63.4 Å². The van der Waals surface area contributed by atoms with Crippen LogP contribution in [0.1, 0.15) is 39.7 Å². The van der Waals surface area contributed by atoms with Crippen LogP contribution in [0.25, 0.3) is 0 Å². The largest absolute Gasteiger partial charge is 0.497 e. The number of carbonyl (C=O) groups is 2. The lowest BCUT2D eigenvalue weighted by Gasteiger charge is -2.34. The molecule has 0 fully saturated rings. The molecule has 0 saturated carbocycles. The molecule has 0 aliphatic carbocycles. The number of hydrogen-bond donors (Lipinski definition) is 1. The summed E-state index contributed by atoms with van der Waals surface area (Å²) >= 11 is 0. The van der Waals surface area contributed by atoms with Crippen molar-refractivity contribution in [1.82, 2.24) is 10.2 Å². The lowest BCUT2D eigenvalue weighted by atomic mass is 10.1. The normalized spacial score (nSPS) is 12.5. The summed E-state index contributed by atoms with van der Waals surface area (Å²) in [6.07, 6.45) is 1.99. The van der Waals surface area contributed by atoms with Crippen LogP contribution in [0.3, 0.4) is 0 Å². The van der Waals surface area contributed by atoms with Crippen LogP contribution in [0.15, 0.2) is 54.6 Å². The fraction of sp³-hybridized carbons (Fsp3) is 0.462. The average molecular weight is 504 g/mol. The fourth-order valence-electron chi connectivity index (χ4n) is 3.71. The molecule has 0 radical (unpaired) electrons. The Morgan fingerprint density at radius 3 is 2.11 bits per heavy atom. The topological polar surface area (TPSA) is 96.0 Å². The molecule has 9 heteroatoms. The summed E-state index contributed by atoms with van der Waals surface area (Å²) < 4.78 is 31.5. The van der Waals surface area contributed by atoms with E-state index < -0.39 is 34.1 Å². The third-order valence-corrected chi connectivity index (χ3v) is 6.55. The molecule has 0 spiro atoms. The molecule has 0 saturated heterocycles. The summed E-state index contributed by atoms with van der Waals surface area (Å²) in [5.74, 6) is -0.141. The molecule has 2 rings (SSSR count). The van der Waals surface area contributed by atoms with E-state index in [0.29, 0.717) is 24.3 Å². The van der Waals surface area contributed by atoms with Gasteiger partial charge in [-0.1, -0.05) is 37.3 Å². The highest BCUT2D eigenvalue weighted by molar-refractivity contribution is 7.92. The van der Waals surface area contributed by atoms with Gasteiger partial charge in [-0.25, -0.2) is 8.42 Å². The third kappa shape index (κ3) is 8.58. The van der Waals surface area contributed by atoms with Gasteiger partial charge in [0.25, 0.3) is 0 Å². The zero-order valence-corrected chi connectivity index (χ0v) is 22.3. The summed E-state index contributed by atoms with van der Waals surface area (Å²) in [6.45, 7) is 7.33. The van der Waals surface area contributed by atoms with E-state index in [0.717, 1.165) is 16.1 Å². The zero-order chi connectivity index (χ0) is 26.2. The monoisotopic (exact) mass is 503 g/mol. The van der Waals surface area contributed by atoms with E-state index in [1.165, 1.54) is 12.0 Å². The molecule has 0 aliphatic heterocycles. The standard InChI is InChI=1S/C26H37N3O5S/c1-7-23(25(31)27-26(2,3)4)28(18-17-20-11-9-8-10-12-20)24(30)19-29(35(6,32)33)21-13-15-22(34-5)16-14-21/h8-16,23H,7,17-19H2,1-6H3,(H,27,31)/t23-/m0/s1. The molecule has 2 amide bonds. The van der Waals surface area contributed by atoms with Gasteiger partial charge in [0, 0.05) is 12.1 Å². The first kappa shape index (κ1) is 28.2. The Hall–Kier alpha value is -3.07. The van der Waals surface area contributed by atoms with E-state index >= 15 is 0 Å². The summed E-state index contributed by atoms with van der Waals surface area (Å²) in [7, 11) is -2.25. The van der Waals surface area contributed by atoms with Gasteiger partial charge in [0.2, 0.25) is 21.8 Å². The van der Waals surface area contributed by atoms with Crippen molar-refractivity contribution in [1.29, 1.82) is 0 Å². The van der Waals surface area contributed by atoms with Crippen LogP contribution in [-0.2, 0) is 26.0 Å². The quantitative estimate of drug-likeness (QED) is 0.508. The van der Waals surface area contributed by atoms with E-state index in [1.54, 1.807) is 24.3 Å². The molecule has 0 aliphatic rings. The van der Waals surface area contributed by atoms with Gasteiger partial charge in [-0.3, -0.25) is 13.9 Å². The van der Waals surface area contributed by atoms with Gasteiger partial charge >= 0.3 is 0 Å². The van der Waals surface area contributed by atoms with Crippen LogP contribution in [0.5, 0.6) is 5.75 Å². The van der Waals surface area contributed by atoms with Crippen LogP contribution < -0.4 is 14.4 Å². The first-order valence-electron chi connectivity index (χ1n) is 11.6. The number of anilines is 1. The summed E-state index contributed by atoms with van der Waals surface area (Å²) in [5.41, 5.74) is 0.893. The Morgan fingerprint density at radius 2 is 1.63 bits per heavy atom. The summed E-state index contributed by atoms with van der Waals surface area (Å²) in [5, 5.41) is 2.95. The Balaban J connectivity index is 2.37. The summed E-state index contributed by atoms with van der Waals surface area (Å²) in [6, 6.07) is 15.4. The molecule has 0 aromatic heterocycles. The van der Waals surface area contributed by atoms with E-state index in [1.807, 2.05) is 58.0 Å². The van der Waals surface area contributed by atoms with Crippen LogP contribution in [0.2, 0.25) is 0 Å². The molecule has 192 valence electrons. The minimum absolute atomic E-state index is 0.267. The van der Waals surface area contributed by atoms with Crippen molar-refractivity contribution in [3.63, 3.8) is 0 Å². The number of carbonyl (C=O) groups excluding carboxylic acids is 2. The van der Waals surface area contributed by atoms with E-state index in [-0.39, 0.29) is 12.5 Å². The van der Waals surface area contributed by atoms with Crippen molar-refractivity contribution in [3.8, 4) is 5.75 Å². The number of ether oxygens (including phenoxy) is 1. The van der Waals surface area contributed by atoms with Crippen LogP contribution in [0.4, 0.5) is 5.69 Å². The highest BCUT2D eigenvalue weighted by Gasteiger charge is 2.32. The van der Waals surface area contributed by atoms with Crippen LogP contribution >= 0.6 is 0 Å². The number of benzene rings is 2. The molecule has 0 bridgehead atoms. The molecule has 1 atom stereocenters. The molecular weight excluding hydrogens is 466 g/mol. The summed E-state index contributed by atoms with van der Waals surface area (Å²) in [4.78, 5) is 28.2. The lowest BCUT2D eigenvalue weighted by molar-refractivity contribution is -0.140. The Labute approximate surface area is 209 Å². The number of nitrogens with zero attached hydrogens (tertiary/aromatic N) is 2. The number of hydrogen-bond acceptors (Lipinski definition) is 5. The zero-order valence-electron chi connectivity index (χ0n) is 21.4. The van der Waals surface area contributed by atoms with E-state index in [9.17, 15) is 18.0 Å². The van der Waals surface area contributed by atoms with Crippen molar-refractivity contribution in [2.45, 2.75) is 52.1 Å². The number of sulfonamides is 1.